The topological polar surface area (TPSA) is 40.6 Å². The molecule has 2 amide bonds. The standard InChI is InChI=1S/C17H24N2O2/c1-14-8-4-5-9-16(14)12-19(15(2)20)13-17(21)18-10-6-3-7-11-18/h4-5,8-9H,3,6-7,10-13H2,1-2H3. The van der Waals surface area contributed by atoms with E-state index in [1.165, 1.54) is 13.3 Å². The number of benzene rings is 1. The summed E-state index contributed by atoms with van der Waals surface area (Å²) in [6, 6.07) is 7.99. The summed E-state index contributed by atoms with van der Waals surface area (Å²) in [5, 5.41) is 0. The van der Waals surface area contributed by atoms with E-state index in [2.05, 4.69) is 0 Å². The summed E-state index contributed by atoms with van der Waals surface area (Å²) < 4.78 is 0. The van der Waals surface area contributed by atoms with Crippen molar-refractivity contribution in [2.24, 2.45) is 0 Å². The highest BCUT2D eigenvalue weighted by atomic mass is 16.2. The van der Waals surface area contributed by atoms with E-state index in [0.29, 0.717) is 6.54 Å². The molecule has 4 heteroatoms. The Hall–Kier alpha value is -1.84. The first-order valence-corrected chi connectivity index (χ1v) is 7.65. The van der Waals surface area contributed by atoms with Crippen LogP contribution in [0.3, 0.4) is 0 Å². The zero-order valence-electron chi connectivity index (χ0n) is 13.0. The van der Waals surface area contributed by atoms with Gasteiger partial charge in [0, 0.05) is 26.6 Å². The number of carbonyl (C=O) groups excluding carboxylic acids is 2. The molecule has 1 aliphatic rings. The number of aryl methyl sites for hydroxylation is 1. The van der Waals surface area contributed by atoms with Crippen LogP contribution in [0.15, 0.2) is 24.3 Å². The molecule has 0 aliphatic carbocycles. The van der Waals surface area contributed by atoms with E-state index in [4.69, 9.17) is 0 Å². The lowest BCUT2D eigenvalue weighted by Gasteiger charge is -2.30. The second-order valence-corrected chi connectivity index (χ2v) is 5.74. The first-order valence-electron chi connectivity index (χ1n) is 7.65. The Morgan fingerprint density at radius 2 is 1.81 bits per heavy atom. The van der Waals surface area contributed by atoms with Gasteiger partial charge in [0.15, 0.2) is 0 Å². The van der Waals surface area contributed by atoms with Crippen molar-refractivity contribution < 1.29 is 9.59 Å². The number of amides is 2. The number of hydrogen-bond donors (Lipinski definition) is 0. The SMILES string of the molecule is CC(=O)N(CC(=O)N1CCCCC1)Cc1ccccc1C. The molecule has 1 aromatic rings. The van der Waals surface area contributed by atoms with Gasteiger partial charge in [0.05, 0.1) is 0 Å². The summed E-state index contributed by atoms with van der Waals surface area (Å²) in [4.78, 5) is 27.7. The van der Waals surface area contributed by atoms with Gasteiger partial charge in [-0.15, -0.1) is 0 Å². The fourth-order valence-corrected chi connectivity index (χ4v) is 2.68. The quantitative estimate of drug-likeness (QED) is 0.853. The van der Waals surface area contributed by atoms with Crippen molar-refractivity contribution in [2.75, 3.05) is 19.6 Å². The van der Waals surface area contributed by atoms with Crippen LogP contribution in [0, 0.1) is 6.92 Å². The monoisotopic (exact) mass is 288 g/mol. The molecular formula is C17H24N2O2. The van der Waals surface area contributed by atoms with Gasteiger partial charge in [0.1, 0.15) is 6.54 Å². The molecule has 0 spiro atoms. The molecule has 0 bridgehead atoms. The average molecular weight is 288 g/mol. The van der Waals surface area contributed by atoms with Crippen LogP contribution in [0.25, 0.3) is 0 Å². The molecule has 0 atom stereocenters. The van der Waals surface area contributed by atoms with Gasteiger partial charge in [0.2, 0.25) is 11.8 Å². The minimum Gasteiger partial charge on any atom is -0.341 e. The van der Waals surface area contributed by atoms with Gasteiger partial charge < -0.3 is 9.80 Å². The van der Waals surface area contributed by atoms with E-state index in [9.17, 15) is 9.59 Å². The fourth-order valence-electron chi connectivity index (χ4n) is 2.68. The highest BCUT2D eigenvalue weighted by Gasteiger charge is 2.21. The lowest BCUT2D eigenvalue weighted by molar-refractivity contribution is -0.140. The molecular weight excluding hydrogens is 264 g/mol. The van der Waals surface area contributed by atoms with Crippen molar-refractivity contribution in [3.63, 3.8) is 0 Å². The highest BCUT2D eigenvalue weighted by Crippen LogP contribution is 2.13. The molecule has 4 nitrogen and oxygen atoms in total. The predicted molar refractivity (Wildman–Crippen MR) is 82.7 cm³/mol. The average Bonchev–Trinajstić information content (AvgIpc) is 2.49. The zero-order valence-corrected chi connectivity index (χ0v) is 13.0. The lowest BCUT2D eigenvalue weighted by Crippen LogP contribution is -2.43. The highest BCUT2D eigenvalue weighted by molar-refractivity contribution is 5.83. The molecule has 0 radical (unpaired) electrons. The molecule has 114 valence electrons. The number of rotatable bonds is 4. The van der Waals surface area contributed by atoms with Crippen molar-refractivity contribution in [2.45, 2.75) is 39.7 Å². The Morgan fingerprint density at radius 1 is 1.14 bits per heavy atom. The largest absolute Gasteiger partial charge is 0.341 e. The Morgan fingerprint density at radius 3 is 2.43 bits per heavy atom. The Bertz CT molecular complexity index is 507. The second-order valence-electron chi connectivity index (χ2n) is 5.74. The summed E-state index contributed by atoms with van der Waals surface area (Å²) in [5.74, 6) is 0.0158. The molecule has 21 heavy (non-hydrogen) atoms. The maximum Gasteiger partial charge on any atom is 0.242 e. The normalized spacial score (nSPS) is 14.9. The van der Waals surface area contributed by atoms with Gasteiger partial charge in [-0.25, -0.2) is 0 Å². The smallest absolute Gasteiger partial charge is 0.242 e. The van der Waals surface area contributed by atoms with Crippen LogP contribution in [0.1, 0.15) is 37.3 Å². The Balaban J connectivity index is 2.00. The lowest BCUT2D eigenvalue weighted by atomic mass is 10.1. The molecule has 1 aromatic carbocycles. The minimum atomic E-state index is -0.0522. The third-order valence-electron chi connectivity index (χ3n) is 4.10. The molecule has 0 saturated carbocycles. The summed E-state index contributed by atoms with van der Waals surface area (Å²) >= 11 is 0. The van der Waals surface area contributed by atoms with Gasteiger partial charge in [-0.05, 0) is 37.3 Å². The van der Waals surface area contributed by atoms with E-state index in [0.717, 1.165) is 37.1 Å². The summed E-state index contributed by atoms with van der Waals surface area (Å²) in [7, 11) is 0. The predicted octanol–water partition coefficient (Wildman–Crippen LogP) is 2.36. The van der Waals surface area contributed by atoms with Gasteiger partial charge in [-0.2, -0.15) is 0 Å². The molecule has 0 unspecified atom stereocenters. The van der Waals surface area contributed by atoms with Gasteiger partial charge in [0.25, 0.3) is 0 Å². The van der Waals surface area contributed by atoms with Crippen molar-refractivity contribution in [3.8, 4) is 0 Å². The second kappa shape index (κ2) is 7.25. The Labute approximate surface area is 126 Å². The van der Waals surface area contributed by atoms with Crippen LogP contribution in [0.2, 0.25) is 0 Å². The number of carbonyl (C=O) groups is 2. The number of nitrogens with zero attached hydrogens (tertiary/aromatic N) is 2. The van der Waals surface area contributed by atoms with E-state index >= 15 is 0 Å². The third-order valence-corrected chi connectivity index (χ3v) is 4.10. The summed E-state index contributed by atoms with van der Waals surface area (Å²) in [5.41, 5.74) is 2.24. The van der Waals surface area contributed by atoms with E-state index in [1.807, 2.05) is 36.1 Å². The molecule has 2 rings (SSSR count). The van der Waals surface area contributed by atoms with Gasteiger partial charge in [-0.3, -0.25) is 9.59 Å². The Kier molecular flexibility index (Phi) is 5.37. The van der Waals surface area contributed by atoms with Crippen LogP contribution in [0.4, 0.5) is 0 Å². The van der Waals surface area contributed by atoms with E-state index < -0.39 is 0 Å². The van der Waals surface area contributed by atoms with E-state index in [1.54, 1.807) is 4.90 Å². The maximum absolute atomic E-state index is 12.3. The van der Waals surface area contributed by atoms with Crippen molar-refractivity contribution >= 4 is 11.8 Å². The first-order chi connectivity index (χ1) is 10.1. The number of likely N-dealkylation sites (tertiary alicyclic amines) is 1. The molecule has 0 aromatic heterocycles. The van der Waals surface area contributed by atoms with Crippen LogP contribution in [-0.4, -0.2) is 41.2 Å². The molecule has 1 fully saturated rings. The van der Waals surface area contributed by atoms with Crippen LogP contribution < -0.4 is 0 Å². The number of hydrogen-bond acceptors (Lipinski definition) is 2. The van der Waals surface area contributed by atoms with E-state index in [-0.39, 0.29) is 18.4 Å². The molecule has 1 saturated heterocycles. The summed E-state index contributed by atoms with van der Waals surface area (Å²) in [6.07, 6.45) is 3.34. The maximum atomic E-state index is 12.3. The van der Waals surface area contributed by atoms with Crippen LogP contribution in [0.5, 0.6) is 0 Å². The third kappa shape index (κ3) is 4.31. The summed E-state index contributed by atoms with van der Waals surface area (Å²) in [6.45, 7) is 5.90. The van der Waals surface area contributed by atoms with Gasteiger partial charge >= 0.3 is 0 Å². The van der Waals surface area contributed by atoms with Crippen LogP contribution in [-0.2, 0) is 16.1 Å². The fraction of sp³-hybridized carbons (Fsp3) is 0.529. The molecule has 1 heterocycles. The molecule has 1 aliphatic heterocycles. The van der Waals surface area contributed by atoms with Crippen molar-refractivity contribution in [3.05, 3.63) is 35.4 Å². The minimum absolute atomic E-state index is 0.0522. The van der Waals surface area contributed by atoms with Crippen molar-refractivity contribution in [1.29, 1.82) is 0 Å². The van der Waals surface area contributed by atoms with Crippen molar-refractivity contribution in [1.82, 2.24) is 9.80 Å². The molecule has 0 N–H and O–H groups in total. The zero-order chi connectivity index (χ0) is 15.2. The number of piperidine rings is 1. The first kappa shape index (κ1) is 15.5. The van der Waals surface area contributed by atoms with Gasteiger partial charge in [-0.1, -0.05) is 24.3 Å². The van der Waals surface area contributed by atoms with Crippen LogP contribution >= 0.6 is 0 Å².